The van der Waals surface area contributed by atoms with Crippen LogP contribution >= 0.6 is 0 Å². The van der Waals surface area contributed by atoms with Gasteiger partial charge in [-0.2, -0.15) is 0 Å². The molecule has 1 fully saturated rings. The van der Waals surface area contributed by atoms with E-state index >= 15 is 0 Å². The SMILES string of the molecule is COC[C@@H]1[C@@H]([B-](F)(F)F)C1(F)F.[K+]. The van der Waals surface area contributed by atoms with Gasteiger partial charge in [-0.1, -0.05) is 0 Å². The summed E-state index contributed by atoms with van der Waals surface area (Å²) in [4.78, 5) is 0. The van der Waals surface area contributed by atoms with E-state index in [0.29, 0.717) is 0 Å². The molecule has 1 aliphatic carbocycles. The number of alkyl halides is 2. The van der Waals surface area contributed by atoms with Crippen molar-refractivity contribution in [3.8, 4) is 0 Å². The van der Waals surface area contributed by atoms with Crippen LogP contribution in [0.1, 0.15) is 0 Å². The number of halogens is 5. The summed E-state index contributed by atoms with van der Waals surface area (Å²) in [7, 11) is 1.11. The van der Waals surface area contributed by atoms with E-state index in [1.54, 1.807) is 0 Å². The van der Waals surface area contributed by atoms with Gasteiger partial charge in [-0.15, -0.1) is 0 Å². The van der Waals surface area contributed by atoms with Crippen molar-refractivity contribution >= 4 is 6.98 Å². The van der Waals surface area contributed by atoms with Crippen LogP contribution < -0.4 is 51.4 Å². The molecule has 0 aromatic rings. The van der Waals surface area contributed by atoms with Crippen molar-refractivity contribution in [2.24, 2.45) is 5.92 Å². The summed E-state index contributed by atoms with van der Waals surface area (Å²) in [5, 5.41) is 0. The first-order valence-electron chi connectivity index (χ1n) is 3.38. The summed E-state index contributed by atoms with van der Waals surface area (Å²) in [5.74, 6) is -7.71. The molecule has 0 amide bonds. The maximum atomic E-state index is 12.4. The molecule has 1 rings (SSSR count). The van der Waals surface area contributed by atoms with Gasteiger partial charge >= 0.3 is 58.4 Å². The maximum Gasteiger partial charge on any atom is 1.00 e. The molecule has 13 heavy (non-hydrogen) atoms. The third-order valence-electron chi connectivity index (χ3n) is 2.02. The van der Waals surface area contributed by atoms with Crippen LogP contribution in [0.3, 0.4) is 0 Å². The summed E-state index contributed by atoms with van der Waals surface area (Å²) >= 11 is 0. The molecule has 1 aliphatic rings. The Hall–Kier alpha value is 1.31. The van der Waals surface area contributed by atoms with Crippen molar-refractivity contribution in [3.05, 3.63) is 0 Å². The first-order chi connectivity index (χ1) is 5.31. The third kappa shape index (κ3) is 2.88. The molecule has 0 unspecified atom stereocenters. The van der Waals surface area contributed by atoms with Crippen LogP contribution in [0.4, 0.5) is 21.7 Å². The fourth-order valence-electron chi connectivity index (χ4n) is 1.33. The van der Waals surface area contributed by atoms with Gasteiger partial charge in [0.15, 0.2) is 0 Å². The zero-order valence-corrected chi connectivity index (χ0v) is 10.4. The first kappa shape index (κ1) is 14.3. The van der Waals surface area contributed by atoms with Crippen molar-refractivity contribution in [2.45, 2.75) is 11.7 Å². The van der Waals surface area contributed by atoms with E-state index in [-0.39, 0.29) is 51.4 Å². The molecule has 2 atom stereocenters. The first-order valence-corrected chi connectivity index (χ1v) is 3.38. The molecule has 0 aromatic heterocycles. The molecule has 1 nitrogen and oxygen atoms in total. The quantitative estimate of drug-likeness (QED) is 0.450. The zero-order valence-electron chi connectivity index (χ0n) is 7.24. The van der Waals surface area contributed by atoms with E-state index in [9.17, 15) is 21.7 Å². The zero-order chi connectivity index (χ0) is 9.57. The number of hydrogen-bond acceptors (Lipinski definition) is 1. The molecule has 0 bridgehead atoms. The summed E-state index contributed by atoms with van der Waals surface area (Å²) in [6.07, 6.45) is 0. The Kier molecular flexibility index (Phi) is 4.89. The van der Waals surface area contributed by atoms with Crippen molar-refractivity contribution in [2.75, 3.05) is 13.7 Å². The normalized spacial score (nSPS) is 30.9. The molecule has 0 N–H and O–H groups in total. The average molecular weight is 228 g/mol. The Morgan fingerprint density at radius 1 is 1.31 bits per heavy atom. The van der Waals surface area contributed by atoms with Gasteiger partial charge in [0, 0.05) is 18.8 Å². The Balaban J connectivity index is 0.00000144. The number of rotatable bonds is 3. The van der Waals surface area contributed by atoms with Gasteiger partial charge in [-0.25, -0.2) is 8.78 Å². The second kappa shape index (κ2) is 4.44. The summed E-state index contributed by atoms with van der Waals surface area (Å²) in [6, 6.07) is 0. The van der Waals surface area contributed by atoms with Crippen molar-refractivity contribution in [1.29, 1.82) is 0 Å². The van der Waals surface area contributed by atoms with E-state index in [1.165, 1.54) is 0 Å². The van der Waals surface area contributed by atoms with Crippen LogP contribution in [0.15, 0.2) is 0 Å². The topological polar surface area (TPSA) is 9.23 Å². The second-order valence-electron chi connectivity index (χ2n) is 2.89. The molecular formula is C5H7BF5KO. The van der Waals surface area contributed by atoms with E-state index in [4.69, 9.17) is 0 Å². The average Bonchev–Trinajstić information content (AvgIpc) is 2.33. The van der Waals surface area contributed by atoms with Crippen molar-refractivity contribution in [3.63, 3.8) is 0 Å². The predicted octanol–water partition coefficient (Wildman–Crippen LogP) is -0.880. The maximum absolute atomic E-state index is 12.4. The van der Waals surface area contributed by atoms with Gasteiger partial charge in [-0.3, -0.25) is 0 Å². The van der Waals surface area contributed by atoms with E-state index in [1.807, 2.05) is 0 Å². The van der Waals surface area contributed by atoms with Crippen LogP contribution in [0.5, 0.6) is 0 Å². The van der Waals surface area contributed by atoms with Crippen LogP contribution in [-0.4, -0.2) is 26.6 Å². The van der Waals surface area contributed by atoms with Crippen molar-refractivity contribution < 1.29 is 77.8 Å². The number of methoxy groups -OCH3 is 1. The Morgan fingerprint density at radius 3 is 2.00 bits per heavy atom. The molecule has 0 saturated heterocycles. The van der Waals surface area contributed by atoms with E-state index in [0.717, 1.165) is 7.11 Å². The molecule has 0 spiro atoms. The summed E-state index contributed by atoms with van der Waals surface area (Å²) in [5.41, 5.74) is 0. The van der Waals surface area contributed by atoms with Gasteiger partial charge in [-0.05, 0) is 0 Å². The van der Waals surface area contributed by atoms with Gasteiger partial charge in [0.1, 0.15) is 0 Å². The fourth-order valence-corrected chi connectivity index (χ4v) is 1.33. The Labute approximate surface area is 115 Å². The summed E-state index contributed by atoms with van der Waals surface area (Å²) < 4.78 is 64.5. The minimum Gasteiger partial charge on any atom is -0.449 e. The monoisotopic (exact) mass is 228 g/mol. The molecular weight excluding hydrogens is 221 g/mol. The van der Waals surface area contributed by atoms with E-state index in [2.05, 4.69) is 4.74 Å². The molecule has 0 radical (unpaired) electrons. The van der Waals surface area contributed by atoms with Crippen LogP contribution in [0.2, 0.25) is 5.82 Å². The predicted molar refractivity (Wildman–Crippen MR) is 33.1 cm³/mol. The molecule has 0 aliphatic heterocycles. The van der Waals surface area contributed by atoms with Crippen LogP contribution in [-0.2, 0) is 4.74 Å². The van der Waals surface area contributed by atoms with Gasteiger partial charge in [0.2, 0.25) is 5.92 Å². The fraction of sp³-hybridized carbons (Fsp3) is 1.00. The smallest absolute Gasteiger partial charge is 0.449 e. The Morgan fingerprint density at radius 2 is 1.77 bits per heavy atom. The number of hydrogen-bond donors (Lipinski definition) is 0. The molecule has 0 aromatic carbocycles. The minimum atomic E-state index is -5.43. The van der Waals surface area contributed by atoms with Gasteiger partial charge < -0.3 is 17.7 Å². The van der Waals surface area contributed by atoms with E-state index < -0.39 is 31.2 Å². The largest absolute Gasteiger partial charge is 1.00 e. The number of ether oxygens (including phenoxy) is 1. The van der Waals surface area contributed by atoms with Crippen molar-refractivity contribution in [1.82, 2.24) is 0 Å². The second-order valence-corrected chi connectivity index (χ2v) is 2.89. The third-order valence-corrected chi connectivity index (χ3v) is 2.02. The van der Waals surface area contributed by atoms with Crippen LogP contribution in [0, 0.1) is 5.92 Å². The van der Waals surface area contributed by atoms with Gasteiger partial charge in [0.25, 0.3) is 0 Å². The molecule has 72 valence electrons. The molecule has 1 saturated carbocycles. The standard InChI is InChI=1S/C5H7BF5O.K/c1-12-2-3-4(5(3,7)8)6(9,10)11;/h3-4H,2H2,1H3;/q-1;+1/t3-,4-;/m1./s1. The van der Waals surface area contributed by atoms with Crippen LogP contribution in [0.25, 0.3) is 0 Å². The summed E-state index contributed by atoms with van der Waals surface area (Å²) in [6.45, 7) is -5.96. The Bertz CT molecular complexity index is 184. The minimum absolute atomic E-state index is 0. The molecule has 0 heterocycles. The molecule has 8 heteroatoms. The van der Waals surface area contributed by atoms with Gasteiger partial charge in [0.05, 0.1) is 6.61 Å².